The van der Waals surface area contributed by atoms with Crippen LogP contribution in [0.15, 0.2) is 59.2 Å². The Morgan fingerprint density at radius 1 is 1.00 bits per heavy atom. The van der Waals surface area contributed by atoms with Crippen LogP contribution in [0, 0.1) is 6.92 Å². The molecule has 2 nitrogen and oxygen atoms in total. The molecular formula is C17H15BrN2. The van der Waals surface area contributed by atoms with Crippen LogP contribution < -0.4 is 5.73 Å². The molecule has 0 spiro atoms. The van der Waals surface area contributed by atoms with Crippen LogP contribution in [0.5, 0.6) is 0 Å². The number of benzene rings is 2. The zero-order valence-corrected chi connectivity index (χ0v) is 12.8. The number of nitrogens with zero attached hydrogens (tertiary/aromatic N) is 1. The molecule has 0 bridgehead atoms. The molecule has 1 aromatic heterocycles. The number of hydrogen-bond acceptors (Lipinski definition) is 2. The van der Waals surface area contributed by atoms with Gasteiger partial charge in [0.25, 0.3) is 0 Å². The van der Waals surface area contributed by atoms with Gasteiger partial charge in [-0.15, -0.1) is 0 Å². The Bertz CT molecular complexity index is 763. The molecule has 0 aliphatic carbocycles. The molecule has 100 valence electrons. The molecule has 0 saturated carbocycles. The molecule has 2 N–H and O–H groups in total. The van der Waals surface area contributed by atoms with Crippen LogP contribution in [0.1, 0.15) is 22.7 Å². The van der Waals surface area contributed by atoms with E-state index in [2.05, 4.69) is 52.1 Å². The van der Waals surface area contributed by atoms with Crippen LogP contribution in [0.2, 0.25) is 0 Å². The molecule has 1 heterocycles. The molecule has 0 saturated heterocycles. The van der Waals surface area contributed by atoms with E-state index in [1.807, 2.05) is 30.5 Å². The Morgan fingerprint density at radius 2 is 1.70 bits per heavy atom. The van der Waals surface area contributed by atoms with Crippen molar-refractivity contribution in [2.24, 2.45) is 5.73 Å². The van der Waals surface area contributed by atoms with Crippen LogP contribution in [0.3, 0.4) is 0 Å². The summed E-state index contributed by atoms with van der Waals surface area (Å²) in [5.74, 6) is 0. The van der Waals surface area contributed by atoms with Gasteiger partial charge in [0, 0.05) is 16.1 Å². The molecule has 0 fully saturated rings. The molecule has 2 aromatic carbocycles. The summed E-state index contributed by atoms with van der Waals surface area (Å²) < 4.78 is 1.08. The normalized spacial score (nSPS) is 12.6. The summed E-state index contributed by atoms with van der Waals surface area (Å²) in [4.78, 5) is 4.49. The van der Waals surface area contributed by atoms with E-state index in [0.717, 1.165) is 26.5 Å². The summed E-state index contributed by atoms with van der Waals surface area (Å²) in [7, 11) is 0. The second-order valence-corrected chi connectivity index (χ2v) is 5.71. The van der Waals surface area contributed by atoms with Crippen molar-refractivity contribution >= 4 is 26.8 Å². The maximum absolute atomic E-state index is 6.49. The van der Waals surface area contributed by atoms with Crippen molar-refractivity contribution in [2.75, 3.05) is 0 Å². The fourth-order valence-corrected chi connectivity index (χ4v) is 2.89. The van der Waals surface area contributed by atoms with E-state index < -0.39 is 0 Å². The van der Waals surface area contributed by atoms with Crippen molar-refractivity contribution in [3.63, 3.8) is 0 Å². The molecule has 1 atom stereocenters. The van der Waals surface area contributed by atoms with E-state index in [4.69, 9.17) is 5.73 Å². The summed E-state index contributed by atoms with van der Waals surface area (Å²) in [6.07, 6.45) is 1.81. The van der Waals surface area contributed by atoms with Gasteiger partial charge in [-0.25, -0.2) is 0 Å². The number of nitrogens with two attached hydrogens (primary N) is 1. The van der Waals surface area contributed by atoms with E-state index in [0.29, 0.717) is 0 Å². The van der Waals surface area contributed by atoms with Crippen molar-refractivity contribution in [1.82, 2.24) is 4.98 Å². The SMILES string of the molecule is Cc1c(Br)cccc1C(N)c1cccc2cccnc12. The van der Waals surface area contributed by atoms with Crippen molar-refractivity contribution in [3.8, 4) is 0 Å². The number of fused-ring (bicyclic) bond motifs is 1. The maximum Gasteiger partial charge on any atom is 0.0753 e. The zero-order chi connectivity index (χ0) is 14.1. The van der Waals surface area contributed by atoms with Crippen molar-refractivity contribution in [3.05, 3.63) is 75.9 Å². The smallest absolute Gasteiger partial charge is 0.0753 e. The van der Waals surface area contributed by atoms with Gasteiger partial charge in [-0.1, -0.05) is 52.3 Å². The molecule has 1 unspecified atom stereocenters. The monoisotopic (exact) mass is 326 g/mol. The highest BCUT2D eigenvalue weighted by molar-refractivity contribution is 9.10. The van der Waals surface area contributed by atoms with Gasteiger partial charge >= 0.3 is 0 Å². The predicted octanol–water partition coefficient (Wildman–Crippen LogP) is 4.35. The molecule has 3 aromatic rings. The van der Waals surface area contributed by atoms with Gasteiger partial charge in [-0.2, -0.15) is 0 Å². The van der Waals surface area contributed by atoms with Gasteiger partial charge in [0.15, 0.2) is 0 Å². The second-order valence-electron chi connectivity index (χ2n) is 4.85. The number of pyridine rings is 1. The minimum Gasteiger partial charge on any atom is -0.320 e. The fraction of sp³-hybridized carbons (Fsp3) is 0.118. The van der Waals surface area contributed by atoms with Gasteiger partial charge < -0.3 is 5.73 Å². The van der Waals surface area contributed by atoms with E-state index in [1.165, 1.54) is 5.56 Å². The first-order valence-electron chi connectivity index (χ1n) is 6.52. The van der Waals surface area contributed by atoms with E-state index in [9.17, 15) is 0 Å². The molecule has 0 radical (unpaired) electrons. The highest BCUT2D eigenvalue weighted by Gasteiger charge is 2.15. The third-order valence-corrected chi connectivity index (χ3v) is 4.50. The Hall–Kier alpha value is -1.71. The third-order valence-electron chi connectivity index (χ3n) is 3.64. The maximum atomic E-state index is 6.49. The van der Waals surface area contributed by atoms with Gasteiger partial charge in [-0.05, 0) is 35.7 Å². The lowest BCUT2D eigenvalue weighted by Crippen LogP contribution is -2.14. The Labute approximate surface area is 126 Å². The fourth-order valence-electron chi connectivity index (χ4n) is 2.51. The first-order chi connectivity index (χ1) is 9.68. The Morgan fingerprint density at radius 3 is 2.55 bits per heavy atom. The molecular weight excluding hydrogens is 312 g/mol. The van der Waals surface area contributed by atoms with Crippen LogP contribution in [0.4, 0.5) is 0 Å². The van der Waals surface area contributed by atoms with E-state index >= 15 is 0 Å². The summed E-state index contributed by atoms with van der Waals surface area (Å²) >= 11 is 3.57. The second kappa shape index (κ2) is 5.35. The molecule has 3 heteroatoms. The van der Waals surface area contributed by atoms with Gasteiger partial charge in [0.05, 0.1) is 11.6 Å². The van der Waals surface area contributed by atoms with Crippen molar-refractivity contribution in [2.45, 2.75) is 13.0 Å². The Balaban J connectivity index is 2.18. The number of hydrogen-bond donors (Lipinski definition) is 1. The third kappa shape index (κ3) is 2.23. The van der Waals surface area contributed by atoms with Gasteiger partial charge in [-0.3, -0.25) is 4.98 Å². The molecule has 3 rings (SSSR count). The first-order valence-corrected chi connectivity index (χ1v) is 7.32. The molecule has 0 aliphatic rings. The average Bonchev–Trinajstić information content (AvgIpc) is 2.49. The lowest BCUT2D eigenvalue weighted by Gasteiger charge is -2.17. The molecule has 0 aliphatic heterocycles. The quantitative estimate of drug-likeness (QED) is 0.760. The summed E-state index contributed by atoms with van der Waals surface area (Å²) in [6.45, 7) is 2.08. The predicted molar refractivity (Wildman–Crippen MR) is 86.7 cm³/mol. The van der Waals surface area contributed by atoms with E-state index in [-0.39, 0.29) is 6.04 Å². The molecule has 0 amide bonds. The van der Waals surface area contributed by atoms with Gasteiger partial charge in [0.1, 0.15) is 0 Å². The van der Waals surface area contributed by atoms with Gasteiger partial charge in [0.2, 0.25) is 0 Å². The van der Waals surface area contributed by atoms with Crippen LogP contribution in [-0.2, 0) is 0 Å². The lowest BCUT2D eigenvalue weighted by molar-refractivity contribution is 0.865. The first kappa shape index (κ1) is 13.3. The zero-order valence-electron chi connectivity index (χ0n) is 11.2. The average molecular weight is 327 g/mol. The number of halogens is 1. The minimum absolute atomic E-state index is 0.175. The summed E-state index contributed by atoms with van der Waals surface area (Å²) in [5, 5.41) is 1.12. The number of para-hydroxylation sites is 1. The van der Waals surface area contributed by atoms with Crippen LogP contribution in [0.25, 0.3) is 10.9 Å². The Kier molecular flexibility index (Phi) is 3.55. The largest absolute Gasteiger partial charge is 0.320 e. The minimum atomic E-state index is -0.175. The molecule has 20 heavy (non-hydrogen) atoms. The highest BCUT2D eigenvalue weighted by Crippen LogP contribution is 2.30. The lowest BCUT2D eigenvalue weighted by atomic mass is 9.94. The van der Waals surface area contributed by atoms with Crippen molar-refractivity contribution < 1.29 is 0 Å². The highest BCUT2D eigenvalue weighted by atomic mass is 79.9. The van der Waals surface area contributed by atoms with E-state index in [1.54, 1.807) is 0 Å². The van der Waals surface area contributed by atoms with Crippen LogP contribution >= 0.6 is 15.9 Å². The topological polar surface area (TPSA) is 38.9 Å². The summed E-state index contributed by atoms with van der Waals surface area (Å²) in [6, 6.07) is 16.1. The van der Waals surface area contributed by atoms with Crippen molar-refractivity contribution in [1.29, 1.82) is 0 Å². The number of rotatable bonds is 2. The standard InChI is InChI=1S/C17H15BrN2/c1-11-13(7-3-9-15(11)18)16(19)14-8-2-5-12-6-4-10-20-17(12)14/h2-10,16H,19H2,1H3. The summed E-state index contributed by atoms with van der Waals surface area (Å²) in [5.41, 5.74) is 10.8. The number of aromatic nitrogens is 1. The van der Waals surface area contributed by atoms with Crippen LogP contribution in [-0.4, -0.2) is 4.98 Å².